The first-order valence-corrected chi connectivity index (χ1v) is 27.4. The van der Waals surface area contributed by atoms with Crippen molar-refractivity contribution in [3.05, 3.63) is 122 Å². The van der Waals surface area contributed by atoms with E-state index in [2.05, 4.69) is 68.6 Å². The summed E-state index contributed by atoms with van der Waals surface area (Å²) in [5, 5.41) is 56.6. The van der Waals surface area contributed by atoms with Gasteiger partial charge in [-0.25, -0.2) is 0 Å². The molecule has 0 aromatic carbocycles. The maximum atomic E-state index is 13.3. The number of hydrogen-bond donors (Lipinski definition) is 6. The Hall–Kier alpha value is -3.94. The summed E-state index contributed by atoms with van der Waals surface area (Å²) in [4.78, 5) is 26.3. The zero-order valence-corrected chi connectivity index (χ0v) is 44.0. The minimum absolute atomic E-state index is 0.0136. The number of esters is 1. The number of ether oxygens (including phenoxy) is 3. The largest absolute Gasteiger partial charge is 0.454 e. The van der Waals surface area contributed by atoms with Crippen LogP contribution in [0.25, 0.3) is 0 Å². The summed E-state index contributed by atoms with van der Waals surface area (Å²) in [5.41, 5.74) is 0. The van der Waals surface area contributed by atoms with E-state index in [0.717, 1.165) is 57.8 Å². The zero-order valence-electron chi connectivity index (χ0n) is 44.0. The van der Waals surface area contributed by atoms with E-state index < -0.39 is 67.4 Å². The van der Waals surface area contributed by atoms with Crippen LogP contribution in [-0.4, -0.2) is 99.6 Å². The number of hydrogen-bond acceptors (Lipinski definition) is 10. The van der Waals surface area contributed by atoms with E-state index in [-0.39, 0.29) is 19.4 Å². The standard InChI is InChI=1S/C60H97NO10/c1-4-7-10-13-16-19-22-25-26-27-30-32-35-38-41-44-47-53(64)59(68)61-51(52(63)46-43-40-37-34-31-28-23-20-17-14-11-8-5-2)50-69-60-58(57(67)56(66)54(49-62)70-60)71-55(65)48-45-42-39-36-33-29-24-21-18-15-12-9-6-3/h9,12,15-16,18-19,21,24-26,29-30,32-33,36,38-39,41,43,46,51-54,56-58,60,62-64,66-67H,4-8,10-11,13-14,17,20,22-23,27-28,31,34-35,37,40,42,44-45,47-50H2,1-3H3,(H,61,68)/b12-9+,18-15+,19-16-,24-21-,26-25-,32-30-,33-29-,39-36+,41-38-,46-43+. The molecule has 1 amide bonds. The lowest BCUT2D eigenvalue weighted by atomic mass is 9.99. The van der Waals surface area contributed by atoms with E-state index >= 15 is 0 Å². The molecule has 71 heavy (non-hydrogen) atoms. The van der Waals surface area contributed by atoms with Crippen molar-refractivity contribution in [3.8, 4) is 0 Å². The second-order valence-corrected chi connectivity index (χ2v) is 18.3. The molecule has 6 N–H and O–H groups in total. The van der Waals surface area contributed by atoms with Crippen molar-refractivity contribution < 1.29 is 49.3 Å². The van der Waals surface area contributed by atoms with Crippen molar-refractivity contribution in [1.82, 2.24) is 5.32 Å². The van der Waals surface area contributed by atoms with Crippen molar-refractivity contribution in [2.24, 2.45) is 0 Å². The topological polar surface area (TPSA) is 175 Å². The number of carbonyl (C=O) groups excluding carboxylic acids is 2. The third kappa shape index (κ3) is 35.8. The lowest BCUT2D eigenvalue weighted by Gasteiger charge is -2.41. The number of carbonyl (C=O) groups is 2. The van der Waals surface area contributed by atoms with Gasteiger partial charge in [0.15, 0.2) is 12.4 Å². The van der Waals surface area contributed by atoms with E-state index in [1.54, 1.807) is 6.08 Å². The molecule has 1 aliphatic rings. The van der Waals surface area contributed by atoms with Crippen LogP contribution in [-0.2, 0) is 23.8 Å². The van der Waals surface area contributed by atoms with Crippen LogP contribution in [0, 0.1) is 0 Å². The van der Waals surface area contributed by atoms with Gasteiger partial charge in [0, 0.05) is 6.42 Å². The molecule has 1 fully saturated rings. The molecule has 402 valence electrons. The number of nitrogens with one attached hydrogen (secondary N) is 1. The van der Waals surface area contributed by atoms with Gasteiger partial charge in [-0.2, -0.15) is 0 Å². The molecule has 1 saturated heterocycles. The van der Waals surface area contributed by atoms with Crippen LogP contribution < -0.4 is 5.32 Å². The van der Waals surface area contributed by atoms with Gasteiger partial charge in [0.05, 0.1) is 25.4 Å². The maximum Gasteiger partial charge on any atom is 0.306 e. The molecule has 0 bridgehead atoms. The Balaban J connectivity index is 2.87. The number of unbranched alkanes of at least 4 members (excludes halogenated alkanes) is 15. The van der Waals surface area contributed by atoms with Crippen molar-refractivity contribution in [3.63, 3.8) is 0 Å². The molecule has 0 aromatic rings. The highest BCUT2D eigenvalue weighted by atomic mass is 16.7. The first-order chi connectivity index (χ1) is 34.7. The predicted octanol–water partition coefficient (Wildman–Crippen LogP) is 11.9. The third-order valence-corrected chi connectivity index (χ3v) is 12.0. The number of aliphatic hydroxyl groups excluding tert-OH is 5. The van der Waals surface area contributed by atoms with Crippen molar-refractivity contribution in [1.29, 1.82) is 0 Å². The smallest absolute Gasteiger partial charge is 0.306 e. The van der Waals surface area contributed by atoms with E-state index in [4.69, 9.17) is 14.2 Å². The third-order valence-electron chi connectivity index (χ3n) is 12.0. The average Bonchev–Trinajstić information content (AvgIpc) is 3.37. The lowest BCUT2D eigenvalue weighted by Crippen LogP contribution is -2.61. The van der Waals surface area contributed by atoms with Gasteiger partial charge in [-0.05, 0) is 77.0 Å². The second-order valence-electron chi connectivity index (χ2n) is 18.3. The van der Waals surface area contributed by atoms with Crippen molar-refractivity contribution in [2.75, 3.05) is 13.2 Å². The fourth-order valence-electron chi connectivity index (χ4n) is 7.61. The van der Waals surface area contributed by atoms with E-state index in [0.29, 0.717) is 19.3 Å². The first-order valence-electron chi connectivity index (χ1n) is 27.4. The van der Waals surface area contributed by atoms with Crippen LogP contribution in [0.3, 0.4) is 0 Å². The molecule has 1 heterocycles. The summed E-state index contributed by atoms with van der Waals surface area (Å²) in [7, 11) is 0. The number of aliphatic hydroxyl groups is 5. The molecule has 1 aliphatic heterocycles. The van der Waals surface area contributed by atoms with Gasteiger partial charge in [0.1, 0.15) is 24.4 Å². The van der Waals surface area contributed by atoms with Crippen LogP contribution >= 0.6 is 0 Å². The van der Waals surface area contributed by atoms with Crippen LogP contribution in [0.5, 0.6) is 0 Å². The molecule has 8 unspecified atom stereocenters. The lowest BCUT2D eigenvalue weighted by molar-refractivity contribution is -0.305. The van der Waals surface area contributed by atoms with Gasteiger partial charge in [-0.1, -0.05) is 219 Å². The summed E-state index contributed by atoms with van der Waals surface area (Å²) < 4.78 is 17.4. The van der Waals surface area contributed by atoms with Gasteiger partial charge in [0.2, 0.25) is 5.91 Å². The maximum absolute atomic E-state index is 13.3. The van der Waals surface area contributed by atoms with E-state index in [1.165, 1.54) is 70.6 Å². The van der Waals surface area contributed by atoms with Crippen molar-refractivity contribution >= 4 is 11.9 Å². The molecule has 0 aromatic heterocycles. The second kappa shape index (κ2) is 47.1. The molecule has 11 heteroatoms. The van der Waals surface area contributed by atoms with Gasteiger partial charge in [-0.15, -0.1) is 0 Å². The molecular formula is C60H97NO10. The number of rotatable bonds is 43. The van der Waals surface area contributed by atoms with Crippen molar-refractivity contribution in [2.45, 2.75) is 230 Å². The zero-order chi connectivity index (χ0) is 51.8. The highest BCUT2D eigenvalue weighted by molar-refractivity contribution is 5.80. The van der Waals surface area contributed by atoms with Crippen LogP contribution in [0.4, 0.5) is 0 Å². The molecule has 1 rings (SSSR count). The Morgan fingerprint density at radius 3 is 1.66 bits per heavy atom. The minimum atomic E-state index is -1.66. The Labute approximate surface area is 430 Å². The average molecular weight is 992 g/mol. The Morgan fingerprint density at radius 2 is 1.07 bits per heavy atom. The van der Waals surface area contributed by atoms with Crippen LogP contribution in [0.15, 0.2) is 122 Å². The van der Waals surface area contributed by atoms with Crippen LogP contribution in [0.1, 0.15) is 181 Å². The molecular weight excluding hydrogens is 895 g/mol. The van der Waals surface area contributed by atoms with E-state index in [9.17, 15) is 35.1 Å². The molecule has 0 radical (unpaired) electrons. The van der Waals surface area contributed by atoms with Gasteiger partial charge in [-0.3, -0.25) is 9.59 Å². The van der Waals surface area contributed by atoms with E-state index in [1.807, 2.05) is 72.9 Å². The minimum Gasteiger partial charge on any atom is -0.454 e. The molecule has 11 nitrogen and oxygen atoms in total. The highest BCUT2D eigenvalue weighted by Crippen LogP contribution is 2.26. The number of amides is 1. The Bertz CT molecular complexity index is 1610. The monoisotopic (exact) mass is 992 g/mol. The highest BCUT2D eigenvalue weighted by Gasteiger charge is 2.47. The summed E-state index contributed by atoms with van der Waals surface area (Å²) in [6.07, 6.45) is 54.1. The first kappa shape index (κ1) is 65.1. The van der Waals surface area contributed by atoms with Gasteiger partial charge in [0.25, 0.3) is 0 Å². The van der Waals surface area contributed by atoms with Gasteiger partial charge >= 0.3 is 5.97 Å². The SMILES string of the molecule is CC/C=C/C=C/C=C\C=C/C=C/CCCC(=O)OC1C(OCC(NC(=O)C(O)CC/C=C\C/C=C\C/C=C\C/C=C\CCCCC)C(O)/C=C/CCCCCCCCCCCCC)OC(CO)C(O)C1O. The van der Waals surface area contributed by atoms with Crippen LogP contribution in [0.2, 0.25) is 0 Å². The summed E-state index contributed by atoms with van der Waals surface area (Å²) >= 11 is 0. The Kier molecular flexibility index (Phi) is 43.2. The summed E-state index contributed by atoms with van der Waals surface area (Å²) in [5.74, 6) is -1.35. The molecule has 0 saturated carbocycles. The fourth-order valence-corrected chi connectivity index (χ4v) is 7.61. The fraction of sp³-hybridized carbons (Fsp3) is 0.633. The number of allylic oxidation sites excluding steroid dienone is 19. The summed E-state index contributed by atoms with van der Waals surface area (Å²) in [6.45, 7) is 5.50. The quantitative estimate of drug-likeness (QED) is 0.0149. The molecule has 0 spiro atoms. The summed E-state index contributed by atoms with van der Waals surface area (Å²) in [6, 6.07) is -1.07. The molecule has 8 atom stereocenters. The Morgan fingerprint density at radius 1 is 0.577 bits per heavy atom. The predicted molar refractivity (Wildman–Crippen MR) is 291 cm³/mol. The van der Waals surface area contributed by atoms with Gasteiger partial charge < -0.3 is 45.1 Å². The normalized spacial score (nSPS) is 20.6. The molecule has 0 aliphatic carbocycles.